The quantitative estimate of drug-likeness (QED) is 0.728. The molecule has 70 valence electrons. The zero-order valence-corrected chi connectivity index (χ0v) is 8.22. The summed E-state index contributed by atoms with van der Waals surface area (Å²) in [4.78, 5) is 19.1. The zero-order chi connectivity index (χ0) is 9.84. The lowest BCUT2D eigenvalue weighted by atomic mass is 10.3. The summed E-state index contributed by atoms with van der Waals surface area (Å²) in [5, 5.41) is 2.91. The first-order chi connectivity index (χ1) is 6.13. The number of hydrogen-bond donors (Lipinski definition) is 1. The topological polar surface area (TPSA) is 54.9 Å². The van der Waals surface area contributed by atoms with Crippen LogP contribution in [0, 0.1) is 6.92 Å². The molecule has 1 heterocycles. The molecule has 0 saturated heterocycles. The van der Waals surface area contributed by atoms with Crippen LogP contribution in [0.2, 0.25) is 5.15 Å². The van der Waals surface area contributed by atoms with Crippen LogP contribution in [-0.2, 0) is 0 Å². The van der Waals surface area contributed by atoms with E-state index in [1.807, 2.05) is 6.92 Å². The van der Waals surface area contributed by atoms with Gasteiger partial charge in [0.1, 0.15) is 16.7 Å². The van der Waals surface area contributed by atoms with E-state index >= 15 is 0 Å². The average molecular weight is 200 g/mol. The Morgan fingerprint density at radius 2 is 2.31 bits per heavy atom. The van der Waals surface area contributed by atoms with Crippen LogP contribution in [0.5, 0.6) is 0 Å². The summed E-state index contributed by atoms with van der Waals surface area (Å²) >= 11 is 5.66. The van der Waals surface area contributed by atoms with Gasteiger partial charge >= 0.3 is 0 Å². The predicted molar refractivity (Wildman–Crippen MR) is 49.8 cm³/mol. The Morgan fingerprint density at radius 3 is 2.85 bits per heavy atom. The third kappa shape index (κ3) is 2.66. The number of amides is 1. The first kappa shape index (κ1) is 9.92. The highest BCUT2D eigenvalue weighted by molar-refractivity contribution is 6.29. The summed E-state index contributed by atoms with van der Waals surface area (Å²) in [6.45, 7) is 4.10. The van der Waals surface area contributed by atoms with Crippen LogP contribution < -0.4 is 5.32 Å². The minimum atomic E-state index is -0.227. The number of aromatic nitrogens is 2. The Balaban J connectivity index is 2.94. The molecule has 0 aromatic carbocycles. The highest BCUT2D eigenvalue weighted by Gasteiger charge is 2.07. The SMILES string of the molecule is CCNC(=O)c1cc(Cl)nc(C)n1. The molecular weight excluding hydrogens is 190 g/mol. The molecule has 1 rings (SSSR count). The molecule has 0 atom stereocenters. The van der Waals surface area contributed by atoms with Crippen molar-refractivity contribution in [2.75, 3.05) is 6.54 Å². The smallest absolute Gasteiger partial charge is 0.270 e. The molecule has 0 bridgehead atoms. The van der Waals surface area contributed by atoms with E-state index in [2.05, 4.69) is 15.3 Å². The summed E-state index contributed by atoms with van der Waals surface area (Å²) in [7, 11) is 0. The van der Waals surface area contributed by atoms with Crippen LogP contribution in [0.3, 0.4) is 0 Å². The van der Waals surface area contributed by atoms with Crippen LogP contribution in [0.1, 0.15) is 23.2 Å². The molecule has 0 saturated carbocycles. The molecule has 0 unspecified atom stereocenters. The van der Waals surface area contributed by atoms with Crippen LogP contribution in [0.25, 0.3) is 0 Å². The standard InChI is InChI=1S/C8H10ClN3O/c1-3-10-8(13)6-4-7(9)12-5(2)11-6/h4H,3H2,1-2H3,(H,10,13). The van der Waals surface area contributed by atoms with Gasteiger partial charge in [0.2, 0.25) is 0 Å². The molecule has 0 aliphatic carbocycles. The maximum absolute atomic E-state index is 11.3. The number of aryl methyl sites for hydroxylation is 1. The maximum atomic E-state index is 11.3. The van der Waals surface area contributed by atoms with E-state index in [9.17, 15) is 4.79 Å². The van der Waals surface area contributed by atoms with Crippen LogP contribution in [0.15, 0.2) is 6.07 Å². The Kier molecular flexibility index (Phi) is 3.19. The number of hydrogen-bond acceptors (Lipinski definition) is 3. The lowest BCUT2D eigenvalue weighted by Crippen LogP contribution is -2.24. The van der Waals surface area contributed by atoms with Crippen molar-refractivity contribution in [3.8, 4) is 0 Å². The predicted octanol–water partition coefficient (Wildman–Crippen LogP) is 1.19. The zero-order valence-electron chi connectivity index (χ0n) is 7.47. The lowest BCUT2D eigenvalue weighted by molar-refractivity contribution is 0.0950. The Morgan fingerprint density at radius 1 is 1.62 bits per heavy atom. The van der Waals surface area contributed by atoms with Crippen molar-refractivity contribution in [2.24, 2.45) is 0 Å². The third-order valence-corrected chi connectivity index (χ3v) is 1.57. The van der Waals surface area contributed by atoms with E-state index in [0.29, 0.717) is 18.1 Å². The van der Waals surface area contributed by atoms with Gasteiger partial charge in [-0.3, -0.25) is 4.79 Å². The molecular formula is C8H10ClN3O. The van der Waals surface area contributed by atoms with Gasteiger partial charge in [-0.25, -0.2) is 9.97 Å². The van der Waals surface area contributed by atoms with Crippen molar-refractivity contribution in [3.63, 3.8) is 0 Å². The highest BCUT2D eigenvalue weighted by Crippen LogP contribution is 2.06. The lowest BCUT2D eigenvalue weighted by Gasteiger charge is -2.01. The summed E-state index contributed by atoms with van der Waals surface area (Å²) in [5.74, 6) is 0.267. The number of nitrogens with one attached hydrogen (secondary N) is 1. The normalized spacial score (nSPS) is 9.77. The van der Waals surface area contributed by atoms with Crippen molar-refractivity contribution in [1.29, 1.82) is 0 Å². The van der Waals surface area contributed by atoms with Gasteiger partial charge in [0.15, 0.2) is 0 Å². The van der Waals surface area contributed by atoms with Crippen molar-refractivity contribution in [1.82, 2.24) is 15.3 Å². The fourth-order valence-corrected chi connectivity index (χ4v) is 1.12. The van der Waals surface area contributed by atoms with Gasteiger partial charge in [-0.1, -0.05) is 11.6 Å². The van der Waals surface area contributed by atoms with Gasteiger partial charge in [0, 0.05) is 12.6 Å². The summed E-state index contributed by atoms with van der Waals surface area (Å²) < 4.78 is 0. The molecule has 4 nitrogen and oxygen atoms in total. The Labute approximate surface area is 81.3 Å². The molecule has 5 heteroatoms. The fraction of sp³-hybridized carbons (Fsp3) is 0.375. The molecule has 1 N–H and O–H groups in total. The number of halogens is 1. The molecule has 1 aromatic heterocycles. The van der Waals surface area contributed by atoms with E-state index in [1.54, 1.807) is 6.92 Å². The number of carbonyl (C=O) groups excluding carboxylic acids is 1. The molecule has 0 aliphatic heterocycles. The van der Waals surface area contributed by atoms with Crippen molar-refractivity contribution in [3.05, 3.63) is 22.7 Å². The largest absolute Gasteiger partial charge is 0.351 e. The molecule has 0 fully saturated rings. The van der Waals surface area contributed by atoms with Gasteiger partial charge in [0.25, 0.3) is 5.91 Å². The van der Waals surface area contributed by atoms with Crippen LogP contribution in [-0.4, -0.2) is 22.4 Å². The summed E-state index contributed by atoms with van der Waals surface area (Å²) in [6, 6.07) is 1.44. The number of nitrogens with zero attached hydrogens (tertiary/aromatic N) is 2. The second-order valence-corrected chi connectivity index (χ2v) is 2.87. The maximum Gasteiger partial charge on any atom is 0.270 e. The van der Waals surface area contributed by atoms with Crippen LogP contribution in [0.4, 0.5) is 0 Å². The van der Waals surface area contributed by atoms with Gasteiger partial charge in [0.05, 0.1) is 0 Å². The van der Waals surface area contributed by atoms with E-state index < -0.39 is 0 Å². The Hall–Kier alpha value is -1.16. The first-order valence-electron chi connectivity index (χ1n) is 3.93. The van der Waals surface area contributed by atoms with E-state index in [4.69, 9.17) is 11.6 Å². The van der Waals surface area contributed by atoms with Gasteiger partial charge in [-0.15, -0.1) is 0 Å². The number of carbonyl (C=O) groups is 1. The van der Waals surface area contributed by atoms with Gasteiger partial charge < -0.3 is 5.32 Å². The molecule has 0 aliphatic rings. The molecule has 1 amide bonds. The van der Waals surface area contributed by atoms with Crippen molar-refractivity contribution >= 4 is 17.5 Å². The highest BCUT2D eigenvalue weighted by atomic mass is 35.5. The second kappa shape index (κ2) is 4.18. The van der Waals surface area contributed by atoms with E-state index in [0.717, 1.165) is 0 Å². The third-order valence-electron chi connectivity index (χ3n) is 1.38. The van der Waals surface area contributed by atoms with Crippen LogP contribution >= 0.6 is 11.6 Å². The molecule has 13 heavy (non-hydrogen) atoms. The van der Waals surface area contributed by atoms with Gasteiger partial charge in [-0.05, 0) is 13.8 Å². The van der Waals surface area contributed by atoms with Gasteiger partial charge in [-0.2, -0.15) is 0 Å². The number of rotatable bonds is 2. The summed E-state index contributed by atoms with van der Waals surface area (Å²) in [5.41, 5.74) is 0.305. The minimum absolute atomic E-state index is 0.227. The van der Waals surface area contributed by atoms with Crippen molar-refractivity contribution in [2.45, 2.75) is 13.8 Å². The van der Waals surface area contributed by atoms with Crippen molar-refractivity contribution < 1.29 is 4.79 Å². The molecule has 0 radical (unpaired) electrons. The minimum Gasteiger partial charge on any atom is -0.351 e. The molecule has 0 spiro atoms. The fourth-order valence-electron chi connectivity index (χ4n) is 0.899. The van der Waals surface area contributed by atoms with E-state index in [-0.39, 0.29) is 11.1 Å². The first-order valence-corrected chi connectivity index (χ1v) is 4.30. The average Bonchev–Trinajstić information content (AvgIpc) is 2.03. The monoisotopic (exact) mass is 199 g/mol. The second-order valence-electron chi connectivity index (χ2n) is 2.48. The Bertz CT molecular complexity index is 307. The molecule has 1 aromatic rings. The van der Waals surface area contributed by atoms with E-state index in [1.165, 1.54) is 6.07 Å². The summed E-state index contributed by atoms with van der Waals surface area (Å²) in [6.07, 6.45) is 0.